The van der Waals surface area contributed by atoms with Gasteiger partial charge in [0, 0.05) is 25.9 Å². The van der Waals surface area contributed by atoms with E-state index in [4.69, 9.17) is 0 Å². The van der Waals surface area contributed by atoms with Gasteiger partial charge >= 0.3 is 0 Å². The lowest BCUT2D eigenvalue weighted by Gasteiger charge is -2.32. The summed E-state index contributed by atoms with van der Waals surface area (Å²) in [6.45, 7) is 5.01. The number of amides is 1. The molecule has 1 saturated heterocycles. The molecule has 1 atom stereocenters. The number of likely N-dealkylation sites (tertiary alicyclic amines) is 1. The third-order valence-electron chi connectivity index (χ3n) is 3.52. The molecule has 2 nitrogen and oxygen atoms in total. The van der Waals surface area contributed by atoms with E-state index in [0.29, 0.717) is 11.5 Å². The summed E-state index contributed by atoms with van der Waals surface area (Å²) in [5.74, 6) is 0.327. The number of halogens is 1. The molecular weight excluding hydrogens is 217 g/mol. The van der Waals surface area contributed by atoms with Gasteiger partial charge in [-0.1, -0.05) is 12.1 Å². The SMILES string of the molecule is CC(=O)N1CCCC(c2ccc(F)c(C)c2)C1. The third kappa shape index (κ3) is 2.65. The first-order valence-electron chi connectivity index (χ1n) is 6.09. The largest absolute Gasteiger partial charge is 0.342 e. The average Bonchev–Trinajstić information content (AvgIpc) is 2.33. The lowest BCUT2D eigenvalue weighted by Crippen LogP contribution is -2.37. The number of rotatable bonds is 1. The number of hydrogen-bond acceptors (Lipinski definition) is 1. The summed E-state index contributed by atoms with van der Waals surface area (Å²) < 4.78 is 13.2. The quantitative estimate of drug-likeness (QED) is 0.733. The van der Waals surface area contributed by atoms with Crippen LogP contribution in [0.15, 0.2) is 18.2 Å². The molecule has 0 bridgehead atoms. The van der Waals surface area contributed by atoms with E-state index in [0.717, 1.165) is 31.5 Å². The molecule has 1 aliphatic rings. The maximum atomic E-state index is 13.2. The molecule has 1 heterocycles. The fourth-order valence-electron chi connectivity index (χ4n) is 2.46. The predicted octanol–water partition coefficient (Wildman–Crippen LogP) is 2.86. The monoisotopic (exact) mass is 235 g/mol. The molecule has 0 aromatic heterocycles. The highest BCUT2D eigenvalue weighted by Crippen LogP contribution is 2.27. The Hall–Kier alpha value is -1.38. The van der Waals surface area contributed by atoms with Crippen molar-refractivity contribution in [1.29, 1.82) is 0 Å². The van der Waals surface area contributed by atoms with Crippen LogP contribution in [0, 0.1) is 12.7 Å². The van der Waals surface area contributed by atoms with Crippen molar-refractivity contribution in [3.63, 3.8) is 0 Å². The Bertz CT molecular complexity index is 430. The van der Waals surface area contributed by atoms with Crippen LogP contribution in [0.1, 0.15) is 36.8 Å². The molecule has 1 fully saturated rings. The van der Waals surface area contributed by atoms with Crippen LogP contribution >= 0.6 is 0 Å². The molecule has 0 spiro atoms. The van der Waals surface area contributed by atoms with Crippen molar-refractivity contribution in [1.82, 2.24) is 4.90 Å². The highest BCUT2D eigenvalue weighted by atomic mass is 19.1. The Morgan fingerprint density at radius 1 is 1.47 bits per heavy atom. The second kappa shape index (κ2) is 4.86. The lowest BCUT2D eigenvalue weighted by molar-refractivity contribution is -0.130. The van der Waals surface area contributed by atoms with E-state index in [-0.39, 0.29) is 11.7 Å². The van der Waals surface area contributed by atoms with E-state index in [1.54, 1.807) is 13.8 Å². The van der Waals surface area contributed by atoms with E-state index in [1.165, 1.54) is 6.07 Å². The summed E-state index contributed by atoms with van der Waals surface area (Å²) in [7, 11) is 0. The van der Waals surface area contributed by atoms with Gasteiger partial charge in [-0.15, -0.1) is 0 Å². The van der Waals surface area contributed by atoms with Gasteiger partial charge in [0.05, 0.1) is 0 Å². The van der Waals surface area contributed by atoms with Crippen molar-refractivity contribution in [3.05, 3.63) is 35.1 Å². The Morgan fingerprint density at radius 3 is 2.88 bits per heavy atom. The van der Waals surface area contributed by atoms with E-state index in [9.17, 15) is 9.18 Å². The van der Waals surface area contributed by atoms with Crippen LogP contribution in [0.3, 0.4) is 0 Å². The van der Waals surface area contributed by atoms with Gasteiger partial charge in [-0.05, 0) is 37.0 Å². The molecule has 17 heavy (non-hydrogen) atoms. The van der Waals surface area contributed by atoms with Crippen molar-refractivity contribution >= 4 is 5.91 Å². The van der Waals surface area contributed by atoms with Gasteiger partial charge in [0.15, 0.2) is 0 Å². The molecule has 0 radical (unpaired) electrons. The molecule has 1 aromatic rings. The lowest BCUT2D eigenvalue weighted by atomic mass is 9.90. The smallest absolute Gasteiger partial charge is 0.219 e. The number of hydrogen-bond donors (Lipinski definition) is 0. The van der Waals surface area contributed by atoms with Crippen molar-refractivity contribution in [2.75, 3.05) is 13.1 Å². The number of carbonyl (C=O) groups is 1. The fourth-order valence-corrected chi connectivity index (χ4v) is 2.46. The van der Waals surface area contributed by atoms with Crippen LogP contribution in [-0.4, -0.2) is 23.9 Å². The summed E-state index contributed by atoms with van der Waals surface area (Å²) in [6.07, 6.45) is 2.11. The number of nitrogens with zero attached hydrogens (tertiary/aromatic N) is 1. The standard InChI is InChI=1S/C14H18FNO/c1-10-8-12(5-6-14(10)15)13-4-3-7-16(9-13)11(2)17/h5-6,8,13H,3-4,7,9H2,1-2H3. The van der Waals surface area contributed by atoms with Crippen LogP contribution in [0.5, 0.6) is 0 Å². The van der Waals surface area contributed by atoms with Gasteiger partial charge in [0.1, 0.15) is 5.82 Å². The number of carbonyl (C=O) groups excluding carboxylic acids is 1. The molecule has 0 N–H and O–H groups in total. The minimum atomic E-state index is -0.159. The van der Waals surface area contributed by atoms with E-state index < -0.39 is 0 Å². The average molecular weight is 235 g/mol. The van der Waals surface area contributed by atoms with Gasteiger partial charge in [-0.2, -0.15) is 0 Å². The predicted molar refractivity (Wildman–Crippen MR) is 65.4 cm³/mol. The highest BCUT2D eigenvalue weighted by molar-refractivity contribution is 5.73. The Kier molecular flexibility index (Phi) is 3.46. The molecule has 2 rings (SSSR count). The van der Waals surface area contributed by atoms with Gasteiger partial charge in [-0.25, -0.2) is 4.39 Å². The Labute approximate surface area is 101 Å². The molecule has 1 amide bonds. The topological polar surface area (TPSA) is 20.3 Å². The number of aryl methyl sites for hydroxylation is 1. The molecule has 1 aliphatic heterocycles. The zero-order valence-corrected chi connectivity index (χ0v) is 10.4. The van der Waals surface area contributed by atoms with E-state index >= 15 is 0 Å². The number of piperidine rings is 1. The first-order chi connectivity index (χ1) is 8.08. The zero-order valence-electron chi connectivity index (χ0n) is 10.4. The number of benzene rings is 1. The van der Waals surface area contributed by atoms with Gasteiger partial charge in [0.2, 0.25) is 5.91 Å². The molecule has 1 unspecified atom stereocenters. The normalized spacial score (nSPS) is 20.4. The minimum absolute atomic E-state index is 0.133. The zero-order chi connectivity index (χ0) is 12.4. The Balaban J connectivity index is 2.16. The molecule has 0 saturated carbocycles. The van der Waals surface area contributed by atoms with E-state index in [2.05, 4.69) is 0 Å². The molecule has 3 heteroatoms. The van der Waals surface area contributed by atoms with Crippen LogP contribution < -0.4 is 0 Å². The molecule has 92 valence electrons. The van der Waals surface area contributed by atoms with Gasteiger partial charge < -0.3 is 4.90 Å². The molecule has 0 aliphatic carbocycles. The minimum Gasteiger partial charge on any atom is -0.342 e. The van der Waals surface area contributed by atoms with Crippen molar-refractivity contribution < 1.29 is 9.18 Å². The van der Waals surface area contributed by atoms with E-state index in [1.807, 2.05) is 17.0 Å². The maximum Gasteiger partial charge on any atom is 0.219 e. The summed E-state index contributed by atoms with van der Waals surface area (Å²) in [6, 6.07) is 5.28. The van der Waals surface area contributed by atoms with Crippen LogP contribution in [0.25, 0.3) is 0 Å². The summed E-state index contributed by atoms with van der Waals surface area (Å²) >= 11 is 0. The summed E-state index contributed by atoms with van der Waals surface area (Å²) in [4.78, 5) is 13.2. The fraction of sp³-hybridized carbons (Fsp3) is 0.500. The van der Waals surface area contributed by atoms with Crippen molar-refractivity contribution in [2.24, 2.45) is 0 Å². The first-order valence-corrected chi connectivity index (χ1v) is 6.09. The molecular formula is C14H18FNO. The summed E-state index contributed by atoms with van der Waals surface area (Å²) in [5.41, 5.74) is 1.83. The van der Waals surface area contributed by atoms with Crippen molar-refractivity contribution in [3.8, 4) is 0 Å². The molecule has 1 aromatic carbocycles. The van der Waals surface area contributed by atoms with Crippen LogP contribution in [0.2, 0.25) is 0 Å². The third-order valence-corrected chi connectivity index (χ3v) is 3.52. The first kappa shape index (κ1) is 12.1. The second-order valence-electron chi connectivity index (χ2n) is 4.81. The van der Waals surface area contributed by atoms with Crippen LogP contribution in [-0.2, 0) is 4.79 Å². The maximum absolute atomic E-state index is 13.2. The summed E-state index contributed by atoms with van der Waals surface area (Å²) in [5, 5.41) is 0. The second-order valence-corrected chi connectivity index (χ2v) is 4.81. The Morgan fingerprint density at radius 2 is 2.24 bits per heavy atom. The highest BCUT2D eigenvalue weighted by Gasteiger charge is 2.22. The van der Waals surface area contributed by atoms with Gasteiger partial charge in [0.25, 0.3) is 0 Å². The van der Waals surface area contributed by atoms with Gasteiger partial charge in [-0.3, -0.25) is 4.79 Å². The van der Waals surface area contributed by atoms with Crippen LogP contribution in [0.4, 0.5) is 4.39 Å². The van der Waals surface area contributed by atoms with Crippen molar-refractivity contribution in [2.45, 2.75) is 32.6 Å².